The van der Waals surface area contributed by atoms with Crippen LogP contribution >= 0.6 is 0 Å². The number of nitrogens with zero attached hydrogens (tertiary/aromatic N) is 1. The summed E-state index contributed by atoms with van der Waals surface area (Å²) in [7, 11) is 4.83. The minimum atomic E-state index is 0.316. The second-order valence-electron chi connectivity index (χ2n) is 9.04. The molecule has 0 amide bonds. The average Bonchev–Trinajstić information content (AvgIpc) is 2.51. The highest BCUT2D eigenvalue weighted by Gasteiger charge is 2.35. The Balaban J connectivity index is 2.11. The number of rotatable bonds is 13. The van der Waals surface area contributed by atoms with Crippen molar-refractivity contribution in [3.63, 3.8) is 0 Å². The molecule has 0 heterocycles. The largest absolute Gasteiger partial charge is 0.328 e. The molecule has 1 nitrogen and oxygen atoms in total. The maximum Gasteiger partial charge on any atom is 0.0877 e. The van der Waals surface area contributed by atoms with Crippen LogP contribution in [0.15, 0.2) is 24.3 Å². The van der Waals surface area contributed by atoms with Gasteiger partial charge in [-0.25, -0.2) is 0 Å². The van der Waals surface area contributed by atoms with Gasteiger partial charge in [-0.1, -0.05) is 96.4 Å². The highest BCUT2D eigenvalue weighted by Crippen LogP contribution is 2.35. The molecule has 1 rings (SSSR count). The van der Waals surface area contributed by atoms with E-state index in [0.29, 0.717) is 11.3 Å². The lowest BCUT2D eigenvalue weighted by molar-refractivity contribution is -0.896. The Morgan fingerprint density at radius 2 is 1.38 bits per heavy atom. The van der Waals surface area contributed by atoms with Gasteiger partial charge in [-0.2, -0.15) is 0 Å². The van der Waals surface area contributed by atoms with E-state index in [4.69, 9.17) is 0 Å². The summed E-state index contributed by atoms with van der Waals surface area (Å²) in [6, 6.07) is 0. The van der Waals surface area contributed by atoms with Gasteiger partial charge in [-0.15, -0.1) is 0 Å². The zero-order chi connectivity index (χ0) is 17.9. The molecule has 0 fully saturated rings. The van der Waals surface area contributed by atoms with Gasteiger partial charge in [-0.3, -0.25) is 0 Å². The summed E-state index contributed by atoms with van der Waals surface area (Å²) in [4.78, 5) is 0. The van der Waals surface area contributed by atoms with Crippen LogP contribution in [0.3, 0.4) is 0 Å². The van der Waals surface area contributed by atoms with Crippen molar-refractivity contribution in [1.82, 2.24) is 0 Å². The van der Waals surface area contributed by atoms with Crippen LogP contribution in [-0.2, 0) is 0 Å². The lowest BCUT2D eigenvalue weighted by Crippen LogP contribution is -2.49. The Hall–Kier alpha value is -0.560. The lowest BCUT2D eigenvalue weighted by Gasteiger charge is -2.41. The Morgan fingerprint density at radius 3 is 1.92 bits per heavy atom. The molecule has 0 aromatic heterocycles. The van der Waals surface area contributed by atoms with E-state index in [9.17, 15) is 0 Å². The molecule has 0 aromatic carbocycles. The molecule has 0 radical (unpaired) electrons. The van der Waals surface area contributed by atoms with Gasteiger partial charge in [0, 0.05) is 5.41 Å². The van der Waals surface area contributed by atoms with Crippen LogP contribution < -0.4 is 0 Å². The predicted octanol–water partition coefficient (Wildman–Crippen LogP) is 6.75. The van der Waals surface area contributed by atoms with Crippen molar-refractivity contribution in [2.45, 2.75) is 85.0 Å². The van der Waals surface area contributed by atoms with E-state index in [1.807, 2.05) is 0 Å². The van der Waals surface area contributed by atoms with Crippen molar-refractivity contribution in [2.24, 2.45) is 11.3 Å². The summed E-state index contributed by atoms with van der Waals surface area (Å²) < 4.78 is 1.15. The molecule has 0 aromatic rings. The van der Waals surface area contributed by atoms with E-state index in [2.05, 4.69) is 59.2 Å². The topological polar surface area (TPSA) is 0 Å². The summed E-state index contributed by atoms with van der Waals surface area (Å²) >= 11 is 0. The van der Waals surface area contributed by atoms with Crippen LogP contribution in [0.4, 0.5) is 0 Å². The lowest BCUT2D eigenvalue weighted by atomic mass is 9.74. The number of unbranched alkanes of at least 4 members (excludes halogenated alkanes) is 9. The molecule has 0 N–H and O–H groups in total. The third kappa shape index (κ3) is 8.51. The Labute approximate surface area is 152 Å². The standard InChI is InChI=1S/C23H44N/c1-6-7-8-9-10-11-12-13-14-17-20-24(4,5)21-23(3)19-16-15-18-22(23)2/h15-16,18-19,22H,6-14,17,20-21H2,1-5H3/q+1. The molecule has 1 aliphatic rings. The monoisotopic (exact) mass is 334 g/mol. The Kier molecular flexibility index (Phi) is 9.96. The molecule has 0 spiro atoms. The van der Waals surface area contributed by atoms with Crippen molar-refractivity contribution in [2.75, 3.05) is 27.2 Å². The van der Waals surface area contributed by atoms with E-state index < -0.39 is 0 Å². The van der Waals surface area contributed by atoms with Gasteiger partial charge < -0.3 is 4.48 Å². The normalized spacial score (nSPS) is 23.8. The van der Waals surface area contributed by atoms with E-state index in [1.165, 1.54) is 77.3 Å². The van der Waals surface area contributed by atoms with Crippen molar-refractivity contribution in [1.29, 1.82) is 0 Å². The number of hydrogen-bond acceptors (Lipinski definition) is 0. The number of allylic oxidation sites excluding steroid dienone is 3. The van der Waals surface area contributed by atoms with Crippen molar-refractivity contribution in [3.05, 3.63) is 24.3 Å². The van der Waals surface area contributed by atoms with Crippen LogP contribution in [0.1, 0.15) is 85.0 Å². The first kappa shape index (κ1) is 21.5. The molecular weight excluding hydrogens is 290 g/mol. The molecule has 1 heteroatoms. The van der Waals surface area contributed by atoms with Crippen molar-refractivity contribution < 1.29 is 4.48 Å². The highest BCUT2D eigenvalue weighted by molar-refractivity contribution is 5.18. The van der Waals surface area contributed by atoms with Gasteiger partial charge in [0.2, 0.25) is 0 Å². The third-order valence-corrected chi connectivity index (χ3v) is 5.91. The van der Waals surface area contributed by atoms with Crippen LogP contribution in [-0.4, -0.2) is 31.7 Å². The first-order valence-corrected chi connectivity index (χ1v) is 10.6. The van der Waals surface area contributed by atoms with E-state index in [1.54, 1.807) is 0 Å². The van der Waals surface area contributed by atoms with Gasteiger partial charge in [-0.05, 0) is 18.8 Å². The Bertz CT molecular complexity index is 379. The summed E-state index contributed by atoms with van der Waals surface area (Å²) in [6.45, 7) is 9.64. The van der Waals surface area contributed by atoms with Crippen LogP contribution in [0.2, 0.25) is 0 Å². The number of hydrogen-bond donors (Lipinski definition) is 0. The molecule has 0 saturated carbocycles. The predicted molar refractivity (Wildman–Crippen MR) is 109 cm³/mol. The van der Waals surface area contributed by atoms with E-state index >= 15 is 0 Å². The van der Waals surface area contributed by atoms with Crippen LogP contribution in [0, 0.1) is 11.3 Å². The quantitative estimate of drug-likeness (QED) is 0.258. The fraction of sp³-hybridized carbons (Fsp3) is 0.826. The van der Waals surface area contributed by atoms with Crippen LogP contribution in [0.25, 0.3) is 0 Å². The highest BCUT2D eigenvalue weighted by atomic mass is 15.3. The van der Waals surface area contributed by atoms with Gasteiger partial charge in [0.15, 0.2) is 0 Å². The average molecular weight is 335 g/mol. The van der Waals surface area contributed by atoms with E-state index in [0.717, 1.165) is 4.48 Å². The maximum absolute atomic E-state index is 2.43. The minimum Gasteiger partial charge on any atom is -0.328 e. The fourth-order valence-electron chi connectivity index (χ4n) is 4.10. The molecular formula is C23H44N+. The van der Waals surface area contributed by atoms with E-state index in [-0.39, 0.29) is 0 Å². The molecule has 24 heavy (non-hydrogen) atoms. The molecule has 2 atom stereocenters. The molecule has 0 saturated heterocycles. The summed E-state index contributed by atoms with van der Waals surface area (Å²) in [5.41, 5.74) is 0.316. The zero-order valence-corrected chi connectivity index (χ0v) is 17.3. The zero-order valence-electron chi connectivity index (χ0n) is 17.3. The molecule has 0 aliphatic heterocycles. The van der Waals surface area contributed by atoms with Gasteiger partial charge >= 0.3 is 0 Å². The van der Waals surface area contributed by atoms with Crippen LogP contribution in [0.5, 0.6) is 0 Å². The van der Waals surface area contributed by atoms with Gasteiger partial charge in [0.05, 0.1) is 27.2 Å². The fourth-order valence-corrected chi connectivity index (χ4v) is 4.10. The maximum atomic E-state index is 2.43. The summed E-state index contributed by atoms with van der Waals surface area (Å²) in [5, 5.41) is 0. The molecule has 140 valence electrons. The molecule has 0 bridgehead atoms. The molecule has 2 unspecified atom stereocenters. The summed E-state index contributed by atoms with van der Waals surface area (Å²) in [6.07, 6.45) is 23.5. The van der Waals surface area contributed by atoms with Gasteiger partial charge in [0.25, 0.3) is 0 Å². The minimum absolute atomic E-state index is 0.316. The summed E-state index contributed by atoms with van der Waals surface area (Å²) in [5.74, 6) is 0.646. The molecule has 1 aliphatic carbocycles. The first-order chi connectivity index (χ1) is 11.4. The number of quaternary nitrogens is 1. The van der Waals surface area contributed by atoms with Gasteiger partial charge in [0.1, 0.15) is 0 Å². The van der Waals surface area contributed by atoms with Crippen molar-refractivity contribution >= 4 is 0 Å². The first-order valence-electron chi connectivity index (χ1n) is 10.6. The SMILES string of the molecule is CCCCCCCCCCCC[N+](C)(C)CC1(C)C=CC=CC1C. The third-order valence-electron chi connectivity index (χ3n) is 5.91. The smallest absolute Gasteiger partial charge is 0.0877 e. The van der Waals surface area contributed by atoms with Crippen molar-refractivity contribution in [3.8, 4) is 0 Å². The second-order valence-corrected chi connectivity index (χ2v) is 9.04. The Morgan fingerprint density at radius 1 is 0.833 bits per heavy atom. The second kappa shape index (κ2) is 11.1.